The average molecular weight is 369 g/mol. The number of alkyl halides is 1. The highest BCUT2D eigenvalue weighted by molar-refractivity contribution is 6.17. The van der Waals surface area contributed by atoms with Crippen molar-refractivity contribution in [3.05, 3.63) is 92.8 Å². The van der Waals surface area contributed by atoms with Crippen LogP contribution in [0.3, 0.4) is 0 Å². The van der Waals surface area contributed by atoms with Crippen LogP contribution in [-0.2, 0) is 13.1 Å². The largest absolute Gasteiger partial charge is 0.331 e. The highest BCUT2D eigenvalue weighted by Gasteiger charge is 2.09. The van der Waals surface area contributed by atoms with Crippen LogP contribution in [0.4, 0.5) is 0 Å². The normalized spacial score (nSPS) is 10.8. The highest BCUT2D eigenvalue weighted by atomic mass is 35.5. The van der Waals surface area contributed by atoms with Crippen LogP contribution >= 0.6 is 11.6 Å². The van der Waals surface area contributed by atoms with Crippen molar-refractivity contribution in [3.8, 4) is 11.1 Å². The van der Waals surface area contributed by atoms with E-state index in [0.717, 1.165) is 16.7 Å². The maximum Gasteiger partial charge on any atom is 0.331 e. The van der Waals surface area contributed by atoms with Gasteiger partial charge in [-0.1, -0.05) is 48.5 Å². The molecule has 2 aromatic carbocycles. The molecule has 0 radical (unpaired) electrons. The van der Waals surface area contributed by atoms with E-state index < -0.39 is 0 Å². The zero-order valence-electron chi connectivity index (χ0n) is 14.7. The van der Waals surface area contributed by atoms with E-state index in [1.165, 1.54) is 4.57 Å². The number of hydrogen-bond donors (Lipinski definition) is 0. The molecule has 5 heteroatoms. The summed E-state index contributed by atoms with van der Waals surface area (Å²) in [7, 11) is 0. The summed E-state index contributed by atoms with van der Waals surface area (Å²) >= 11 is 5.72. The van der Waals surface area contributed by atoms with Gasteiger partial charge in [0, 0.05) is 24.2 Å². The molecule has 0 saturated heterocycles. The predicted molar refractivity (Wildman–Crippen MR) is 106 cm³/mol. The van der Waals surface area contributed by atoms with Crippen LogP contribution in [0, 0.1) is 6.92 Å². The summed E-state index contributed by atoms with van der Waals surface area (Å²) in [4.78, 5) is 24.9. The van der Waals surface area contributed by atoms with E-state index in [0.29, 0.717) is 31.0 Å². The molecular formula is C21H21ClN2O2. The Morgan fingerprint density at radius 3 is 2.42 bits per heavy atom. The van der Waals surface area contributed by atoms with Gasteiger partial charge >= 0.3 is 5.69 Å². The fraction of sp³-hybridized carbons (Fsp3) is 0.238. The van der Waals surface area contributed by atoms with Gasteiger partial charge in [-0.15, -0.1) is 11.6 Å². The molecule has 4 nitrogen and oxygen atoms in total. The molecule has 1 heterocycles. The first-order valence-corrected chi connectivity index (χ1v) is 9.15. The van der Waals surface area contributed by atoms with Crippen LogP contribution in [0.25, 0.3) is 11.1 Å². The van der Waals surface area contributed by atoms with Gasteiger partial charge in [0.2, 0.25) is 0 Å². The minimum atomic E-state index is -0.296. The van der Waals surface area contributed by atoms with Gasteiger partial charge in [0.1, 0.15) is 0 Å². The molecule has 0 aliphatic heterocycles. The van der Waals surface area contributed by atoms with Crippen molar-refractivity contribution in [1.82, 2.24) is 9.13 Å². The van der Waals surface area contributed by atoms with Crippen LogP contribution in [0.2, 0.25) is 0 Å². The number of aromatic nitrogens is 2. The lowest BCUT2D eigenvalue weighted by Gasteiger charge is -2.12. The zero-order chi connectivity index (χ0) is 18.5. The number of benzene rings is 2. The van der Waals surface area contributed by atoms with Crippen LogP contribution in [0.15, 0.2) is 70.4 Å². The molecule has 3 rings (SSSR count). The first-order chi connectivity index (χ1) is 12.6. The Balaban J connectivity index is 1.96. The molecule has 0 unspecified atom stereocenters. The summed E-state index contributed by atoms with van der Waals surface area (Å²) in [6.07, 6.45) is 2.22. The summed E-state index contributed by atoms with van der Waals surface area (Å²) in [5, 5.41) is 0. The lowest BCUT2D eigenvalue weighted by molar-refractivity contribution is 0.562. The van der Waals surface area contributed by atoms with Gasteiger partial charge in [-0.3, -0.25) is 13.9 Å². The van der Waals surface area contributed by atoms with Gasteiger partial charge in [-0.25, -0.2) is 4.79 Å². The van der Waals surface area contributed by atoms with Crippen LogP contribution in [-0.4, -0.2) is 15.0 Å². The molecule has 134 valence electrons. The lowest BCUT2D eigenvalue weighted by atomic mass is 10.0. The number of halogens is 1. The van der Waals surface area contributed by atoms with E-state index in [2.05, 4.69) is 18.2 Å². The van der Waals surface area contributed by atoms with E-state index in [1.54, 1.807) is 17.7 Å². The zero-order valence-corrected chi connectivity index (χ0v) is 15.4. The van der Waals surface area contributed by atoms with Gasteiger partial charge in [-0.2, -0.15) is 0 Å². The van der Waals surface area contributed by atoms with Crippen molar-refractivity contribution in [2.24, 2.45) is 0 Å². The van der Waals surface area contributed by atoms with Crippen molar-refractivity contribution in [2.75, 3.05) is 5.88 Å². The van der Waals surface area contributed by atoms with Crippen molar-refractivity contribution in [2.45, 2.75) is 26.4 Å². The van der Waals surface area contributed by atoms with Gasteiger partial charge in [0.15, 0.2) is 0 Å². The Labute approximate surface area is 157 Å². The number of aryl methyl sites for hydroxylation is 1. The van der Waals surface area contributed by atoms with E-state index in [-0.39, 0.29) is 11.2 Å². The van der Waals surface area contributed by atoms with Crippen LogP contribution < -0.4 is 11.2 Å². The summed E-state index contributed by atoms with van der Waals surface area (Å²) in [6.45, 7) is 2.49. The fourth-order valence-electron chi connectivity index (χ4n) is 3.00. The summed E-state index contributed by atoms with van der Waals surface area (Å²) in [6, 6.07) is 18.2. The molecule has 0 spiro atoms. The molecule has 0 fully saturated rings. The van der Waals surface area contributed by atoms with Crippen LogP contribution in [0.1, 0.15) is 17.5 Å². The minimum absolute atomic E-state index is 0.241. The molecule has 1 aromatic heterocycles. The third kappa shape index (κ3) is 3.97. The van der Waals surface area contributed by atoms with Gasteiger partial charge < -0.3 is 0 Å². The second-order valence-corrected chi connectivity index (χ2v) is 6.67. The molecule has 0 atom stereocenters. The molecular weight excluding hydrogens is 348 g/mol. The molecule has 3 aromatic rings. The molecule has 0 bridgehead atoms. The van der Waals surface area contributed by atoms with E-state index >= 15 is 0 Å². The van der Waals surface area contributed by atoms with E-state index in [4.69, 9.17) is 11.6 Å². The molecule has 26 heavy (non-hydrogen) atoms. The van der Waals surface area contributed by atoms with E-state index in [9.17, 15) is 9.59 Å². The Morgan fingerprint density at radius 1 is 0.962 bits per heavy atom. The summed E-state index contributed by atoms with van der Waals surface area (Å²) in [5.74, 6) is 0.416. The topological polar surface area (TPSA) is 44.0 Å². The number of rotatable bonds is 6. The van der Waals surface area contributed by atoms with Crippen molar-refractivity contribution >= 4 is 11.6 Å². The second-order valence-electron chi connectivity index (χ2n) is 6.29. The number of nitrogens with zero attached hydrogens (tertiary/aromatic N) is 2. The van der Waals surface area contributed by atoms with Gasteiger partial charge in [0.05, 0.1) is 6.54 Å². The smallest absolute Gasteiger partial charge is 0.296 e. The Hall–Kier alpha value is -2.59. The first-order valence-electron chi connectivity index (χ1n) is 8.61. The maximum absolute atomic E-state index is 12.7. The first kappa shape index (κ1) is 18.2. The SMILES string of the molecule is Cc1cn(Cc2cccc(-c3ccccc3)c2)c(=O)n(CCCCl)c1=O. The second kappa shape index (κ2) is 8.19. The third-order valence-electron chi connectivity index (χ3n) is 4.31. The van der Waals surface area contributed by atoms with Crippen molar-refractivity contribution in [1.29, 1.82) is 0 Å². The quantitative estimate of drug-likeness (QED) is 0.623. The van der Waals surface area contributed by atoms with E-state index in [1.807, 2.05) is 36.4 Å². The molecule has 0 aliphatic carbocycles. The average Bonchev–Trinajstić information content (AvgIpc) is 2.67. The van der Waals surface area contributed by atoms with Crippen LogP contribution in [0.5, 0.6) is 0 Å². The van der Waals surface area contributed by atoms with Crippen molar-refractivity contribution in [3.63, 3.8) is 0 Å². The standard InChI is InChI=1S/C21H21ClN2O2/c1-16-14-23(21(26)24(20(16)25)12-6-11-22)15-17-7-5-10-19(13-17)18-8-3-2-4-9-18/h2-5,7-10,13-14H,6,11-12,15H2,1H3. The highest BCUT2D eigenvalue weighted by Crippen LogP contribution is 2.20. The van der Waals surface area contributed by atoms with Gasteiger partial charge in [-0.05, 0) is 36.1 Å². The molecule has 0 N–H and O–H groups in total. The predicted octanol–water partition coefficient (Wildman–Crippen LogP) is 3.66. The molecule has 0 aliphatic rings. The maximum atomic E-state index is 12.7. The summed E-state index contributed by atoms with van der Waals surface area (Å²) in [5.41, 5.74) is 3.26. The Morgan fingerprint density at radius 2 is 1.69 bits per heavy atom. The summed E-state index contributed by atoms with van der Waals surface area (Å²) < 4.78 is 2.87. The Kier molecular flexibility index (Phi) is 5.74. The monoisotopic (exact) mass is 368 g/mol. The van der Waals surface area contributed by atoms with Gasteiger partial charge in [0.25, 0.3) is 5.56 Å². The Bertz CT molecular complexity index is 1010. The number of hydrogen-bond acceptors (Lipinski definition) is 2. The lowest BCUT2D eigenvalue weighted by Crippen LogP contribution is -2.41. The molecule has 0 amide bonds. The third-order valence-corrected chi connectivity index (χ3v) is 4.58. The fourth-order valence-corrected chi connectivity index (χ4v) is 3.12. The van der Waals surface area contributed by atoms with Crippen molar-refractivity contribution < 1.29 is 0 Å². The minimum Gasteiger partial charge on any atom is -0.296 e. The molecule has 0 saturated carbocycles.